The first-order valence-corrected chi connectivity index (χ1v) is 8.30. The van der Waals surface area contributed by atoms with Gasteiger partial charge >= 0.3 is 0 Å². The lowest BCUT2D eigenvalue weighted by Gasteiger charge is -2.26. The topological polar surface area (TPSA) is 78.1 Å². The van der Waals surface area contributed by atoms with Crippen LogP contribution < -0.4 is 5.32 Å². The van der Waals surface area contributed by atoms with Gasteiger partial charge in [-0.1, -0.05) is 13.8 Å². The van der Waals surface area contributed by atoms with E-state index in [0.29, 0.717) is 18.8 Å². The summed E-state index contributed by atoms with van der Waals surface area (Å²) in [4.78, 5) is 7.00. The molecule has 1 aromatic heterocycles. The van der Waals surface area contributed by atoms with Crippen LogP contribution in [0.1, 0.15) is 32.5 Å². The maximum Gasteiger partial charge on any atom is 0.260 e. The number of aryl methyl sites for hydroxylation is 1. The Kier molecular flexibility index (Phi) is 4.59. The van der Waals surface area contributed by atoms with E-state index in [-0.39, 0.29) is 11.1 Å². The Balaban J connectivity index is 2.27. The van der Waals surface area contributed by atoms with Crippen molar-refractivity contribution in [2.45, 2.75) is 44.2 Å². The van der Waals surface area contributed by atoms with Gasteiger partial charge in [-0.15, -0.1) is 0 Å². The van der Waals surface area contributed by atoms with E-state index in [4.69, 9.17) is 0 Å². The molecule has 19 heavy (non-hydrogen) atoms. The van der Waals surface area contributed by atoms with Crippen molar-refractivity contribution < 1.29 is 8.42 Å². The zero-order valence-corrected chi connectivity index (χ0v) is 12.3. The van der Waals surface area contributed by atoms with Gasteiger partial charge in [0.15, 0.2) is 5.03 Å². The summed E-state index contributed by atoms with van der Waals surface area (Å²) >= 11 is 0. The summed E-state index contributed by atoms with van der Waals surface area (Å²) in [5.74, 6) is 0.708. The Bertz CT molecular complexity index is 506. The van der Waals surface area contributed by atoms with Gasteiger partial charge in [0.1, 0.15) is 5.82 Å². The highest BCUT2D eigenvalue weighted by molar-refractivity contribution is 7.89. The van der Waals surface area contributed by atoms with E-state index in [2.05, 4.69) is 15.3 Å². The molecule has 7 heteroatoms. The van der Waals surface area contributed by atoms with Crippen LogP contribution in [0.15, 0.2) is 11.2 Å². The Morgan fingerprint density at radius 1 is 1.47 bits per heavy atom. The fraction of sp³-hybridized carbons (Fsp3) is 0.750. The Hall–Kier alpha value is -0.920. The van der Waals surface area contributed by atoms with E-state index in [1.165, 1.54) is 6.20 Å². The normalized spacial score (nSPS) is 20.3. The molecule has 1 aliphatic heterocycles. The summed E-state index contributed by atoms with van der Waals surface area (Å²) in [6.45, 7) is 6.10. The highest BCUT2D eigenvalue weighted by atomic mass is 32.2. The van der Waals surface area contributed by atoms with Crippen molar-refractivity contribution in [2.24, 2.45) is 0 Å². The standard InChI is InChI=1S/C12H22N4O2S/c1-3-7-16(10-5-6-13-8-10)19(17,18)12-9-14-11(4-2)15-12/h9-10,13H,3-8H2,1-2H3,(H,14,15). The number of H-pyrrole nitrogens is 1. The van der Waals surface area contributed by atoms with Crippen molar-refractivity contribution in [3.8, 4) is 0 Å². The zero-order chi connectivity index (χ0) is 13.9. The molecule has 2 N–H and O–H groups in total. The van der Waals surface area contributed by atoms with Crippen LogP contribution in [0.4, 0.5) is 0 Å². The lowest BCUT2D eigenvalue weighted by molar-refractivity contribution is 0.334. The second-order valence-electron chi connectivity index (χ2n) is 4.81. The molecule has 1 atom stereocenters. The summed E-state index contributed by atoms with van der Waals surface area (Å²) in [6.07, 6.45) is 3.81. The van der Waals surface area contributed by atoms with Gasteiger partial charge in [0.2, 0.25) is 0 Å². The average Bonchev–Trinajstić information content (AvgIpc) is 3.06. The molecule has 2 heterocycles. The summed E-state index contributed by atoms with van der Waals surface area (Å²) in [6, 6.07) is 0.0540. The molecule has 1 fully saturated rings. The number of imidazole rings is 1. The molecule has 1 unspecified atom stereocenters. The molecule has 1 aromatic rings. The smallest absolute Gasteiger partial charge is 0.260 e. The number of aromatic amines is 1. The van der Waals surface area contributed by atoms with E-state index < -0.39 is 10.0 Å². The van der Waals surface area contributed by atoms with Gasteiger partial charge in [-0.2, -0.15) is 4.31 Å². The van der Waals surface area contributed by atoms with Crippen molar-refractivity contribution >= 4 is 10.0 Å². The molecule has 0 saturated carbocycles. The van der Waals surface area contributed by atoms with Gasteiger partial charge < -0.3 is 10.3 Å². The van der Waals surface area contributed by atoms with Gasteiger partial charge in [-0.3, -0.25) is 0 Å². The fourth-order valence-corrected chi connectivity index (χ4v) is 4.07. The summed E-state index contributed by atoms with van der Waals surface area (Å²) in [7, 11) is -3.46. The van der Waals surface area contributed by atoms with Crippen LogP contribution in [0, 0.1) is 0 Å². The number of rotatable bonds is 6. The van der Waals surface area contributed by atoms with Crippen LogP contribution in [-0.2, 0) is 16.4 Å². The van der Waals surface area contributed by atoms with Crippen LogP contribution in [0.5, 0.6) is 0 Å². The third kappa shape index (κ3) is 2.98. The average molecular weight is 286 g/mol. The highest BCUT2D eigenvalue weighted by Gasteiger charge is 2.33. The molecule has 0 amide bonds. The molecular weight excluding hydrogens is 264 g/mol. The van der Waals surface area contributed by atoms with Crippen LogP contribution in [0.2, 0.25) is 0 Å². The van der Waals surface area contributed by atoms with Crippen molar-refractivity contribution in [2.75, 3.05) is 19.6 Å². The molecule has 6 nitrogen and oxygen atoms in total. The zero-order valence-electron chi connectivity index (χ0n) is 11.5. The van der Waals surface area contributed by atoms with E-state index in [9.17, 15) is 8.42 Å². The second-order valence-corrected chi connectivity index (χ2v) is 6.67. The first-order chi connectivity index (χ1) is 9.09. The molecule has 0 spiro atoms. The lowest BCUT2D eigenvalue weighted by Crippen LogP contribution is -2.42. The Morgan fingerprint density at radius 2 is 2.26 bits per heavy atom. The van der Waals surface area contributed by atoms with Gasteiger partial charge in [-0.05, 0) is 19.4 Å². The van der Waals surface area contributed by atoms with E-state index >= 15 is 0 Å². The number of aromatic nitrogens is 2. The van der Waals surface area contributed by atoms with Crippen molar-refractivity contribution in [1.29, 1.82) is 0 Å². The molecule has 1 saturated heterocycles. The van der Waals surface area contributed by atoms with E-state index in [1.54, 1.807) is 4.31 Å². The number of hydrogen-bond donors (Lipinski definition) is 2. The Morgan fingerprint density at radius 3 is 2.79 bits per heavy atom. The number of nitrogens with one attached hydrogen (secondary N) is 2. The molecule has 0 bridgehead atoms. The highest BCUT2D eigenvalue weighted by Crippen LogP contribution is 2.20. The summed E-state index contributed by atoms with van der Waals surface area (Å²) < 4.78 is 26.9. The van der Waals surface area contributed by atoms with Gasteiger partial charge in [0.25, 0.3) is 10.0 Å². The maximum atomic E-state index is 12.7. The van der Waals surface area contributed by atoms with Crippen molar-refractivity contribution in [3.63, 3.8) is 0 Å². The van der Waals surface area contributed by atoms with Crippen LogP contribution in [0.25, 0.3) is 0 Å². The van der Waals surface area contributed by atoms with E-state index in [0.717, 1.165) is 25.9 Å². The third-order valence-corrected chi connectivity index (χ3v) is 5.27. The molecule has 0 aromatic carbocycles. The van der Waals surface area contributed by atoms with Gasteiger partial charge in [-0.25, -0.2) is 13.4 Å². The predicted octanol–water partition coefficient (Wildman–Crippen LogP) is 0.735. The number of nitrogens with zero attached hydrogens (tertiary/aromatic N) is 2. The maximum absolute atomic E-state index is 12.7. The van der Waals surface area contributed by atoms with Crippen LogP contribution in [-0.4, -0.2) is 48.4 Å². The number of sulfonamides is 1. The largest absolute Gasteiger partial charge is 0.332 e. The summed E-state index contributed by atoms with van der Waals surface area (Å²) in [5, 5.41) is 3.43. The van der Waals surface area contributed by atoms with Crippen molar-refractivity contribution in [1.82, 2.24) is 19.6 Å². The molecule has 2 rings (SSSR count). The minimum absolute atomic E-state index is 0.0540. The second kappa shape index (κ2) is 6.02. The quantitative estimate of drug-likeness (QED) is 0.808. The van der Waals surface area contributed by atoms with E-state index in [1.807, 2.05) is 13.8 Å². The first-order valence-electron chi connectivity index (χ1n) is 6.86. The molecule has 0 radical (unpaired) electrons. The molecule has 108 valence electrons. The van der Waals surface area contributed by atoms with Crippen LogP contribution >= 0.6 is 0 Å². The minimum Gasteiger partial charge on any atom is -0.332 e. The molecule has 0 aliphatic carbocycles. The third-order valence-electron chi connectivity index (χ3n) is 3.41. The monoisotopic (exact) mass is 286 g/mol. The predicted molar refractivity (Wildman–Crippen MR) is 73.4 cm³/mol. The number of hydrogen-bond acceptors (Lipinski definition) is 4. The van der Waals surface area contributed by atoms with Crippen molar-refractivity contribution in [3.05, 3.63) is 12.0 Å². The fourth-order valence-electron chi connectivity index (χ4n) is 2.39. The Labute approximate surface area is 114 Å². The van der Waals surface area contributed by atoms with Gasteiger partial charge in [0.05, 0.1) is 6.20 Å². The first kappa shape index (κ1) is 14.5. The minimum atomic E-state index is -3.46. The summed E-state index contributed by atoms with van der Waals surface area (Å²) in [5.41, 5.74) is 0. The van der Waals surface area contributed by atoms with Gasteiger partial charge in [0, 0.05) is 25.6 Å². The molecule has 1 aliphatic rings. The molecular formula is C12H22N4O2S. The van der Waals surface area contributed by atoms with Crippen LogP contribution in [0.3, 0.4) is 0 Å². The lowest BCUT2D eigenvalue weighted by atomic mass is 10.2. The SMILES string of the molecule is CCCN(C1CCNC1)S(=O)(=O)c1cnc(CC)[nH]1.